The van der Waals surface area contributed by atoms with Gasteiger partial charge in [0.25, 0.3) is 0 Å². The fraction of sp³-hybridized carbons (Fsp3) is 0.286. The summed E-state index contributed by atoms with van der Waals surface area (Å²) in [5.41, 5.74) is 2.44. The molecule has 2 nitrogen and oxygen atoms in total. The normalized spacial score (nSPS) is 11.0. The highest BCUT2D eigenvalue weighted by Crippen LogP contribution is 2.25. The summed E-state index contributed by atoms with van der Waals surface area (Å²) in [7, 11) is 0. The molecular formula is C14H14ClFN2. The minimum Gasteiger partial charge on any atom is -0.233 e. The van der Waals surface area contributed by atoms with E-state index in [4.69, 9.17) is 11.6 Å². The number of halogens is 2. The number of benzene rings is 1. The highest BCUT2D eigenvalue weighted by molar-refractivity contribution is 6.29. The van der Waals surface area contributed by atoms with Crippen LogP contribution in [0.4, 0.5) is 4.39 Å². The van der Waals surface area contributed by atoms with E-state index in [0.717, 1.165) is 16.8 Å². The van der Waals surface area contributed by atoms with Crippen LogP contribution < -0.4 is 0 Å². The third-order valence-electron chi connectivity index (χ3n) is 2.69. The molecule has 94 valence electrons. The van der Waals surface area contributed by atoms with E-state index in [1.165, 1.54) is 12.1 Å². The lowest BCUT2D eigenvalue weighted by Crippen LogP contribution is -2.00. The quantitative estimate of drug-likeness (QED) is 0.753. The molecule has 0 N–H and O–H groups in total. The Morgan fingerprint density at radius 2 is 1.89 bits per heavy atom. The van der Waals surface area contributed by atoms with Crippen LogP contribution in [0, 0.1) is 12.7 Å². The summed E-state index contributed by atoms with van der Waals surface area (Å²) < 4.78 is 13.1. The molecular weight excluding hydrogens is 251 g/mol. The second-order valence-electron chi connectivity index (χ2n) is 4.55. The Labute approximate surface area is 111 Å². The van der Waals surface area contributed by atoms with Gasteiger partial charge in [-0.05, 0) is 30.7 Å². The number of nitrogens with zero attached hydrogens (tertiary/aromatic N) is 2. The molecule has 0 radical (unpaired) electrons. The van der Waals surface area contributed by atoms with E-state index in [9.17, 15) is 4.39 Å². The second kappa shape index (κ2) is 5.02. The molecule has 1 aromatic heterocycles. The van der Waals surface area contributed by atoms with Crippen molar-refractivity contribution in [2.75, 3.05) is 0 Å². The first-order valence-corrected chi connectivity index (χ1v) is 6.16. The van der Waals surface area contributed by atoms with Crippen molar-refractivity contribution in [1.82, 2.24) is 9.97 Å². The van der Waals surface area contributed by atoms with Crippen LogP contribution in [0.3, 0.4) is 0 Å². The van der Waals surface area contributed by atoms with Crippen molar-refractivity contribution >= 4 is 11.6 Å². The number of aromatic nitrogens is 2. The summed E-state index contributed by atoms with van der Waals surface area (Å²) in [4.78, 5) is 8.66. The van der Waals surface area contributed by atoms with Gasteiger partial charge in [0.15, 0.2) is 0 Å². The van der Waals surface area contributed by atoms with Crippen molar-refractivity contribution in [2.24, 2.45) is 0 Å². The van der Waals surface area contributed by atoms with Crippen LogP contribution >= 0.6 is 11.6 Å². The highest BCUT2D eigenvalue weighted by atomic mass is 35.5. The molecule has 0 aliphatic carbocycles. The Hall–Kier alpha value is -1.48. The van der Waals surface area contributed by atoms with E-state index < -0.39 is 0 Å². The Kier molecular flexibility index (Phi) is 3.62. The monoisotopic (exact) mass is 264 g/mol. The largest absolute Gasteiger partial charge is 0.233 e. The zero-order valence-corrected chi connectivity index (χ0v) is 11.3. The summed E-state index contributed by atoms with van der Waals surface area (Å²) in [6.07, 6.45) is 0. The lowest BCUT2D eigenvalue weighted by molar-refractivity contribution is 0.627. The molecule has 18 heavy (non-hydrogen) atoms. The van der Waals surface area contributed by atoms with Gasteiger partial charge in [-0.25, -0.2) is 14.4 Å². The predicted molar refractivity (Wildman–Crippen MR) is 71.3 cm³/mol. The van der Waals surface area contributed by atoms with Gasteiger partial charge in [0, 0.05) is 17.5 Å². The molecule has 0 saturated carbocycles. The summed E-state index contributed by atoms with van der Waals surface area (Å²) >= 11 is 6.00. The minimum atomic E-state index is -0.250. The first kappa shape index (κ1) is 13.0. The van der Waals surface area contributed by atoms with Gasteiger partial charge in [-0.1, -0.05) is 25.4 Å². The molecule has 4 heteroatoms. The highest BCUT2D eigenvalue weighted by Gasteiger charge is 2.10. The van der Waals surface area contributed by atoms with E-state index in [0.29, 0.717) is 11.0 Å². The number of rotatable bonds is 2. The maximum Gasteiger partial charge on any atom is 0.133 e. The molecule has 0 spiro atoms. The third-order valence-corrected chi connectivity index (χ3v) is 2.89. The zero-order valence-electron chi connectivity index (χ0n) is 10.5. The van der Waals surface area contributed by atoms with Gasteiger partial charge in [0.2, 0.25) is 0 Å². The molecule has 1 heterocycles. The van der Waals surface area contributed by atoms with Crippen LogP contribution in [0.5, 0.6) is 0 Å². The lowest BCUT2D eigenvalue weighted by Gasteiger charge is -2.09. The van der Waals surface area contributed by atoms with Gasteiger partial charge >= 0.3 is 0 Å². The van der Waals surface area contributed by atoms with Crippen LogP contribution in [-0.4, -0.2) is 9.97 Å². The number of aryl methyl sites for hydroxylation is 1. The SMILES string of the molecule is Cc1cc(F)ccc1-c1cc(Cl)nc(C(C)C)n1. The predicted octanol–water partition coefficient (Wildman–Crippen LogP) is 4.37. The summed E-state index contributed by atoms with van der Waals surface area (Å²) in [5, 5.41) is 0.410. The standard InChI is InChI=1S/C14H14ClFN2/c1-8(2)14-17-12(7-13(15)18-14)11-5-4-10(16)6-9(11)3/h4-8H,1-3H3. The summed E-state index contributed by atoms with van der Waals surface area (Å²) in [6.45, 7) is 5.86. The average Bonchev–Trinajstić information content (AvgIpc) is 2.27. The van der Waals surface area contributed by atoms with Crippen molar-refractivity contribution < 1.29 is 4.39 Å². The first-order chi connectivity index (χ1) is 8.47. The Morgan fingerprint density at radius 1 is 1.17 bits per heavy atom. The fourth-order valence-corrected chi connectivity index (χ4v) is 1.94. The van der Waals surface area contributed by atoms with Crippen molar-refractivity contribution in [2.45, 2.75) is 26.7 Å². The van der Waals surface area contributed by atoms with Crippen LogP contribution in [0.2, 0.25) is 5.15 Å². The van der Waals surface area contributed by atoms with Crippen molar-refractivity contribution in [1.29, 1.82) is 0 Å². The van der Waals surface area contributed by atoms with Crippen molar-refractivity contribution in [3.8, 4) is 11.3 Å². The number of hydrogen-bond donors (Lipinski definition) is 0. The van der Waals surface area contributed by atoms with Gasteiger partial charge in [-0.3, -0.25) is 0 Å². The number of hydrogen-bond acceptors (Lipinski definition) is 2. The van der Waals surface area contributed by atoms with Crippen LogP contribution in [0.15, 0.2) is 24.3 Å². The van der Waals surface area contributed by atoms with Crippen molar-refractivity contribution in [3.05, 3.63) is 46.6 Å². The van der Waals surface area contributed by atoms with E-state index in [-0.39, 0.29) is 11.7 Å². The summed E-state index contributed by atoms with van der Waals surface area (Å²) in [5.74, 6) is 0.643. The van der Waals surface area contributed by atoms with Gasteiger partial charge in [0.1, 0.15) is 16.8 Å². The molecule has 0 bridgehead atoms. The van der Waals surface area contributed by atoms with Gasteiger partial charge < -0.3 is 0 Å². The zero-order chi connectivity index (χ0) is 13.3. The second-order valence-corrected chi connectivity index (χ2v) is 4.94. The third kappa shape index (κ3) is 2.67. The van der Waals surface area contributed by atoms with E-state index >= 15 is 0 Å². The minimum absolute atomic E-state index is 0.197. The maximum absolute atomic E-state index is 13.1. The topological polar surface area (TPSA) is 25.8 Å². The molecule has 0 saturated heterocycles. The first-order valence-electron chi connectivity index (χ1n) is 5.78. The molecule has 2 aromatic rings. The van der Waals surface area contributed by atoms with E-state index in [2.05, 4.69) is 9.97 Å². The maximum atomic E-state index is 13.1. The van der Waals surface area contributed by atoms with Crippen LogP contribution in [-0.2, 0) is 0 Å². The molecule has 0 aliphatic rings. The Bertz CT molecular complexity index is 582. The van der Waals surface area contributed by atoms with Crippen molar-refractivity contribution in [3.63, 3.8) is 0 Å². The molecule has 0 fully saturated rings. The van der Waals surface area contributed by atoms with Gasteiger partial charge in [-0.2, -0.15) is 0 Å². The Morgan fingerprint density at radius 3 is 2.50 bits per heavy atom. The molecule has 2 rings (SSSR count). The fourth-order valence-electron chi connectivity index (χ4n) is 1.75. The van der Waals surface area contributed by atoms with Gasteiger partial charge in [0.05, 0.1) is 5.69 Å². The smallest absolute Gasteiger partial charge is 0.133 e. The molecule has 0 aliphatic heterocycles. The molecule has 1 aromatic carbocycles. The molecule has 0 unspecified atom stereocenters. The van der Waals surface area contributed by atoms with Gasteiger partial charge in [-0.15, -0.1) is 0 Å². The average molecular weight is 265 g/mol. The van der Waals surface area contributed by atoms with E-state index in [1.807, 2.05) is 20.8 Å². The van der Waals surface area contributed by atoms with Crippen LogP contribution in [0.1, 0.15) is 31.2 Å². The van der Waals surface area contributed by atoms with E-state index in [1.54, 1.807) is 12.1 Å². The van der Waals surface area contributed by atoms with Crippen LogP contribution in [0.25, 0.3) is 11.3 Å². The summed E-state index contributed by atoms with van der Waals surface area (Å²) in [6, 6.07) is 6.33. The molecule has 0 atom stereocenters. The molecule has 0 amide bonds. The Balaban J connectivity index is 2.56. The lowest BCUT2D eigenvalue weighted by atomic mass is 10.1.